The van der Waals surface area contributed by atoms with Gasteiger partial charge in [0.05, 0.1) is 24.0 Å². The lowest BCUT2D eigenvalue weighted by atomic mass is 10.0. The molecule has 0 amide bonds. The van der Waals surface area contributed by atoms with Crippen LogP contribution in [0.2, 0.25) is 0 Å². The number of anilines is 1. The SMILES string of the molecule is Nc1nc2c(ncn2C2OC(COP(=O)(O)OP(=O)(O)OC3OC(CSSc4ccc([N+](=O)[O-])c(C(=O)O)c4)C(O)C(O)C3O)C(O)C2O)c(=O)[nH]1. The van der Waals surface area contributed by atoms with E-state index in [4.69, 9.17) is 15.2 Å². The van der Waals surface area contributed by atoms with Gasteiger partial charge in [0.2, 0.25) is 5.95 Å². The third-order valence-electron chi connectivity index (χ3n) is 7.36. The number of hydrogen-bond acceptors (Lipinski definition) is 21. The molecule has 0 spiro atoms. The third kappa shape index (κ3) is 8.82. The van der Waals surface area contributed by atoms with Crippen molar-refractivity contribution in [3.63, 3.8) is 0 Å². The van der Waals surface area contributed by atoms with Gasteiger partial charge in [-0.25, -0.2) is 18.9 Å². The third-order valence-corrected chi connectivity index (χ3v) is 12.3. The van der Waals surface area contributed by atoms with Crippen LogP contribution in [0.5, 0.6) is 0 Å². The first-order valence-electron chi connectivity index (χ1n) is 14.2. The first-order chi connectivity index (χ1) is 24.3. The number of nitrogens with two attached hydrogens (primary N) is 1. The molecule has 2 aliphatic heterocycles. The zero-order valence-electron chi connectivity index (χ0n) is 25.6. The van der Waals surface area contributed by atoms with Crippen molar-refractivity contribution in [2.24, 2.45) is 0 Å². The number of aromatic carboxylic acids is 1. The number of nitro groups is 1. The van der Waals surface area contributed by atoms with E-state index in [1.165, 1.54) is 6.07 Å². The monoisotopic (exact) mass is 818 g/mol. The van der Waals surface area contributed by atoms with Crippen molar-refractivity contribution in [3.05, 3.63) is 50.6 Å². The lowest BCUT2D eigenvalue weighted by Gasteiger charge is -2.40. The maximum Gasteiger partial charge on any atom is 0.483 e. The van der Waals surface area contributed by atoms with Gasteiger partial charge in [-0.05, 0) is 12.1 Å². The lowest BCUT2D eigenvalue weighted by Crippen LogP contribution is -2.58. The van der Waals surface area contributed by atoms with E-state index >= 15 is 0 Å². The van der Waals surface area contributed by atoms with E-state index in [0.29, 0.717) is 0 Å². The summed E-state index contributed by atoms with van der Waals surface area (Å²) in [4.78, 5) is 64.2. The highest BCUT2D eigenvalue weighted by Crippen LogP contribution is 2.61. The van der Waals surface area contributed by atoms with Gasteiger partial charge >= 0.3 is 21.6 Å². The van der Waals surface area contributed by atoms with Crippen LogP contribution in [0, 0.1) is 10.1 Å². The fraction of sp³-hybridized carbons (Fsp3) is 0.478. The number of ether oxygens (including phenoxy) is 2. The van der Waals surface area contributed by atoms with Gasteiger partial charge in [-0.15, -0.1) is 0 Å². The summed E-state index contributed by atoms with van der Waals surface area (Å²) in [7, 11) is -9.56. The van der Waals surface area contributed by atoms with Crippen molar-refractivity contribution in [2.75, 3.05) is 18.1 Å². The number of fused-ring (bicyclic) bond motifs is 1. The standard InChI is InChI=1S/C23H28N6O19P2S2/c24-23-26-18-12(19(35)27-23)25-6-28(18)20-16(33)13(30)10(45-20)4-44-49(40,41)48-50(42,43)47-22-17(34)15(32)14(31)11(46-22)5-51-52-7-1-2-9(29(38)39)8(3-7)21(36)37/h1-3,6,10-11,13-17,20,22,30-34H,4-5H2,(H,36,37)(H,40,41)(H,42,43)(H3,24,26,27,35). The first-order valence-corrected chi connectivity index (χ1v) is 19.5. The van der Waals surface area contributed by atoms with Gasteiger partial charge in [0.1, 0.15) is 42.2 Å². The zero-order chi connectivity index (χ0) is 38.3. The Morgan fingerprint density at radius 1 is 1.06 bits per heavy atom. The minimum Gasteiger partial charge on any atom is -0.477 e. The molecule has 3 aromatic rings. The number of phosphoric acid groups is 2. The van der Waals surface area contributed by atoms with Crippen LogP contribution >= 0.6 is 37.2 Å². The Bertz CT molecular complexity index is 1990. The largest absolute Gasteiger partial charge is 0.483 e. The average Bonchev–Trinajstić information content (AvgIpc) is 3.60. The molecule has 4 heterocycles. The number of rotatable bonds is 14. The van der Waals surface area contributed by atoms with Gasteiger partial charge in [-0.1, -0.05) is 21.6 Å². The molecule has 0 saturated carbocycles. The number of hydrogen-bond donors (Lipinski definition) is 10. The minimum atomic E-state index is -5.73. The molecule has 0 radical (unpaired) electrons. The van der Waals surface area contributed by atoms with E-state index in [1.54, 1.807) is 0 Å². The number of H-pyrrole nitrogens is 1. The Labute approximate surface area is 296 Å². The number of benzene rings is 1. The van der Waals surface area contributed by atoms with Gasteiger partial charge in [-0.3, -0.25) is 33.5 Å². The Kier molecular flexibility index (Phi) is 12.1. The fourth-order valence-corrected chi connectivity index (χ4v) is 9.29. The Morgan fingerprint density at radius 2 is 1.75 bits per heavy atom. The lowest BCUT2D eigenvalue weighted by molar-refractivity contribution is -0.385. The van der Waals surface area contributed by atoms with Crippen LogP contribution in [0.4, 0.5) is 11.6 Å². The second kappa shape index (κ2) is 15.7. The molecule has 1 aromatic carbocycles. The van der Waals surface area contributed by atoms with Gasteiger partial charge in [-0.2, -0.15) is 9.29 Å². The number of nitro benzene ring substituents is 1. The van der Waals surface area contributed by atoms with Crippen LogP contribution in [0.25, 0.3) is 11.2 Å². The van der Waals surface area contributed by atoms with Crippen molar-refractivity contribution in [1.82, 2.24) is 19.5 Å². The highest BCUT2D eigenvalue weighted by atomic mass is 33.1. The molecule has 29 heteroatoms. The molecule has 5 rings (SSSR count). The number of nitrogens with zero attached hydrogens (tertiary/aromatic N) is 4. The van der Waals surface area contributed by atoms with Crippen LogP contribution in [0.15, 0.2) is 34.2 Å². The van der Waals surface area contributed by atoms with E-state index < -0.39 is 105 Å². The second-order valence-corrected chi connectivity index (χ2v) is 16.3. The molecule has 286 valence electrons. The first kappa shape index (κ1) is 40.1. The number of nitrogens with one attached hydrogen (secondary N) is 1. The number of carboxylic acid groups (broad SMARTS) is 1. The number of aromatic nitrogens is 4. The molecule has 25 nitrogen and oxygen atoms in total. The van der Waals surface area contributed by atoms with E-state index in [1.807, 2.05) is 0 Å². The van der Waals surface area contributed by atoms with E-state index in [0.717, 1.165) is 44.6 Å². The number of carbonyl (C=O) groups is 1. The molecule has 11 atom stereocenters. The molecule has 0 aliphatic carbocycles. The number of nitrogen functional groups attached to an aromatic ring is 1. The smallest absolute Gasteiger partial charge is 0.477 e. The number of aliphatic hydroxyl groups excluding tert-OH is 5. The Morgan fingerprint density at radius 3 is 2.42 bits per heavy atom. The number of carboxylic acids is 1. The predicted molar refractivity (Wildman–Crippen MR) is 171 cm³/mol. The summed E-state index contributed by atoms with van der Waals surface area (Å²) in [5.74, 6) is -2.13. The van der Waals surface area contributed by atoms with Crippen LogP contribution in [-0.4, -0.2) is 132 Å². The van der Waals surface area contributed by atoms with Crippen LogP contribution < -0.4 is 11.3 Å². The van der Waals surface area contributed by atoms with Crippen molar-refractivity contribution >= 4 is 66.0 Å². The summed E-state index contributed by atoms with van der Waals surface area (Å²) in [5, 5.41) is 72.3. The van der Waals surface area contributed by atoms with Crippen molar-refractivity contribution in [1.29, 1.82) is 0 Å². The van der Waals surface area contributed by atoms with Crippen LogP contribution in [0.3, 0.4) is 0 Å². The number of phosphoric ester groups is 2. The molecule has 2 aromatic heterocycles. The summed E-state index contributed by atoms with van der Waals surface area (Å²) < 4.78 is 50.7. The number of aromatic amines is 1. The summed E-state index contributed by atoms with van der Waals surface area (Å²) in [6.45, 7) is -1.04. The molecule has 0 bridgehead atoms. The second-order valence-electron chi connectivity index (χ2n) is 10.9. The quantitative estimate of drug-likeness (QED) is 0.0380. The molecule has 2 aliphatic rings. The molecule has 52 heavy (non-hydrogen) atoms. The molecule has 11 N–H and O–H groups in total. The van der Waals surface area contributed by atoms with Crippen molar-refractivity contribution < 1.29 is 82.1 Å². The molecule has 2 fully saturated rings. The summed E-state index contributed by atoms with van der Waals surface area (Å²) in [5.41, 5.74) is 3.25. The normalized spacial score (nSPS) is 30.2. The summed E-state index contributed by atoms with van der Waals surface area (Å²) in [6.07, 6.45) is -15.3. The molecule has 2 saturated heterocycles. The van der Waals surface area contributed by atoms with Gasteiger partial charge in [0.25, 0.3) is 11.2 Å². The van der Waals surface area contributed by atoms with Crippen molar-refractivity contribution in [2.45, 2.75) is 60.1 Å². The highest BCUT2D eigenvalue weighted by molar-refractivity contribution is 8.76. The predicted octanol–water partition coefficient (Wildman–Crippen LogP) is -1.57. The van der Waals surface area contributed by atoms with Gasteiger partial charge in [0, 0.05) is 16.7 Å². The molecular formula is C23H28N6O19P2S2. The average molecular weight is 819 g/mol. The zero-order valence-corrected chi connectivity index (χ0v) is 29.0. The molecular weight excluding hydrogens is 790 g/mol. The van der Waals surface area contributed by atoms with E-state index in [9.17, 15) is 69.3 Å². The fourth-order valence-electron chi connectivity index (χ4n) is 4.91. The van der Waals surface area contributed by atoms with Crippen LogP contribution in [-0.2, 0) is 32.0 Å². The van der Waals surface area contributed by atoms with Crippen LogP contribution in [0.1, 0.15) is 16.6 Å². The minimum absolute atomic E-state index is 0.142. The maximum absolute atomic E-state index is 12.7. The Balaban J connectivity index is 1.17. The summed E-state index contributed by atoms with van der Waals surface area (Å²) in [6, 6.07) is 3.24. The topological polar surface area (TPSA) is 392 Å². The number of aliphatic hydroxyl groups is 5. The highest BCUT2D eigenvalue weighted by Gasteiger charge is 2.50. The van der Waals surface area contributed by atoms with E-state index in [-0.39, 0.29) is 27.8 Å². The Hall–Kier alpha value is -3.08. The number of imidazole rings is 1. The maximum atomic E-state index is 12.7. The molecule has 11 unspecified atom stereocenters. The van der Waals surface area contributed by atoms with Gasteiger partial charge in [0.15, 0.2) is 23.7 Å². The van der Waals surface area contributed by atoms with E-state index in [2.05, 4.69) is 28.3 Å². The van der Waals surface area contributed by atoms with Gasteiger partial charge < -0.3 is 55.6 Å². The van der Waals surface area contributed by atoms with Crippen molar-refractivity contribution in [3.8, 4) is 0 Å². The summed E-state index contributed by atoms with van der Waals surface area (Å²) >= 11 is 0.